The predicted octanol–water partition coefficient (Wildman–Crippen LogP) is 1.15. The average molecular weight is 290 g/mol. The van der Waals surface area contributed by atoms with Crippen molar-refractivity contribution >= 4 is 11.7 Å². The van der Waals surface area contributed by atoms with Crippen LogP contribution >= 0.6 is 0 Å². The van der Waals surface area contributed by atoms with Crippen LogP contribution in [0.1, 0.15) is 15.9 Å². The Kier molecular flexibility index (Phi) is 4.44. The van der Waals surface area contributed by atoms with E-state index in [0.29, 0.717) is 29.4 Å². The lowest BCUT2D eigenvalue weighted by molar-refractivity contribution is 0.102. The molecule has 2 aromatic rings. The van der Waals surface area contributed by atoms with Crippen LogP contribution in [0.25, 0.3) is 0 Å². The molecule has 0 aliphatic rings. The van der Waals surface area contributed by atoms with Crippen LogP contribution in [0.5, 0.6) is 11.5 Å². The first-order valence-corrected chi connectivity index (χ1v) is 6.35. The summed E-state index contributed by atoms with van der Waals surface area (Å²) in [6.45, 7) is 0.295. The maximum absolute atomic E-state index is 12.3. The number of hydrogen-bond donors (Lipinski definition) is 2. The second-order valence-electron chi connectivity index (χ2n) is 4.40. The Balaban J connectivity index is 2.27. The highest BCUT2D eigenvalue weighted by atomic mass is 16.5. The molecular weight excluding hydrogens is 272 g/mol. The summed E-state index contributed by atoms with van der Waals surface area (Å²) < 4.78 is 11.9. The fourth-order valence-corrected chi connectivity index (χ4v) is 1.95. The molecule has 0 unspecified atom stereocenters. The fraction of sp³-hybridized carbons (Fsp3) is 0.286. The fourth-order valence-electron chi connectivity index (χ4n) is 1.95. The number of amides is 1. The number of aromatic nitrogens is 2. The van der Waals surface area contributed by atoms with Gasteiger partial charge in [0.15, 0.2) is 5.82 Å². The first-order chi connectivity index (χ1) is 10.1. The van der Waals surface area contributed by atoms with Crippen LogP contribution < -0.4 is 20.5 Å². The molecule has 0 aliphatic heterocycles. The largest absolute Gasteiger partial charge is 0.497 e. The van der Waals surface area contributed by atoms with E-state index in [4.69, 9.17) is 15.2 Å². The molecule has 2 rings (SSSR count). The van der Waals surface area contributed by atoms with Crippen LogP contribution in [-0.4, -0.2) is 29.9 Å². The van der Waals surface area contributed by atoms with Crippen molar-refractivity contribution in [1.29, 1.82) is 0 Å². The van der Waals surface area contributed by atoms with Gasteiger partial charge in [-0.1, -0.05) is 0 Å². The SMILES string of the molecule is COc1ccc(C(=O)Nc2nn(C)cc2CN)c(OC)c1. The standard InChI is InChI=1S/C14H18N4O3/c1-18-8-9(7-15)13(17-18)16-14(19)11-5-4-10(20-2)6-12(11)21-3/h4-6,8H,7,15H2,1-3H3,(H,16,17,19). The van der Waals surface area contributed by atoms with Crippen LogP contribution in [0.4, 0.5) is 5.82 Å². The quantitative estimate of drug-likeness (QED) is 0.862. The molecule has 0 bridgehead atoms. The number of methoxy groups -OCH3 is 2. The Hall–Kier alpha value is -2.54. The summed E-state index contributed by atoms with van der Waals surface area (Å²) in [6, 6.07) is 4.98. The molecule has 0 fully saturated rings. The van der Waals surface area contributed by atoms with E-state index in [9.17, 15) is 4.79 Å². The molecule has 0 atom stereocenters. The van der Waals surface area contributed by atoms with Gasteiger partial charge in [-0.15, -0.1) is 0 Å². The van der Waals surface area contributed by atoms with E-state index < -0.39 is 0 Å². The van der Waals surface area contributed by atoms with Crippen molar-refractivity contribution in [2.75, 3.05) is 19.5 Å². The van der Waals surface area contributed by atoms with Gasteiger partial charge in [0.1, 0.15) is 11.5 Å². The molecule has 0 saturated carbocycles. The Labute approximate surface area is 122 Å². The number of rotatable bonds is 5. The molecule has 112 valence electrons. The number of nitrogens with zero attached hydrogens (tertiary/aromatic N) is 2. The summed E-state index contributed by atoms with van der Waals surface area (Å²) in [5.74, 6) is 1.17. The summed E-state index contributed by atoms with van der Waals surface area (Å²) in [7, 11) is 4.82. The van der Waals surface area contributed by atoms with Crippen molar-refractivity contribution in [2.24, 2.45) is 12.8 Å². The van der Waals surface area contributed by atoms with E-state index in [0.717, 1.165) is 5.56 Å². The number of aryl methyl sites for hydroxylation is 1. The Morgan fingerprint density at radius 1 is 1.38 bits per heavy atom. The van der Waals surface area contributed by atoms with E-state index >= 15 is 0 Å². The number of hydrogen-bond acceptors (Lipinski definition) is 5. The summed E-state index contributed by atoms with van der Waals surface area (Å²) in [5.41, 5.74) is 6.78. The van der Waals surface area contributed by atoms with Gasteiger partial charge in [-0.2, -0.15) is 5.10 Å². The van der Waals surface area contributed by atoms with Gasteiger partial charge in [-0.25, -0.2) is 0 Å². The van der Waals surface area contributed by atoms with Crippen molar-refractivity contribution in [3.63, 3.8) is 0 Å². The van der Waals surface area contributed by atoms with E-state index in [1.807, 2.05) is 0 Å². The number of carbonyl (C=O) groups excluding carboxylic acids is 1. The highest BCUT2D eigenvalue weighted by molar-refractivity contribution is 6.06. The smallest absolute Gasteiger partial charge is 0.260 e. The van der Waals surface area contributed by atoms with Crippen LogP contribution in [0, 0.1) is 0 Å². The van der Waals surface area contributed by atoms with Gasteiger partial charge in [-0.05, 0) is 12.1 Å². The van der Waals surface area contributed by atoms with Gasteiger partial charge in [0, 0.05) is 31.4 Å². The molecule has 1 aromatic heterocycles. The maximum atomic E-state index is 12.3. The summed E-state index contributed by atoms with van der Waals surface area (Å²) in [5, 5.41) is 6.91. The number of carbonyl (C=O) groups is 1. The number of ether oxygens (including phenoxy) is 2. The van der Waals surface area contributed by atoms with Crippen molar-refractivity contribution < 1.29 is 14.3 Å². The molecule has 7 heteroatoms. The minimum absolute atomic E-state index is 0.295. The highest BCUT2D eigenvalue weighted by Gasteiger charge is 2.16. The Morgan fingerprint density at radius 3 is 2.76 bits per heavy atom. The molecule has 0 spiro atoms. The van der Waals surface area contributed by atoms with Gasteiger partial charge >= 0.3 is 0 Å². The summed E-state index contributed by atoms with van der Waals surface area (Å²) in [6.07, 6.45) is 1.76. The second-order valence-corrected chi connectivity index (χ2v) is 4.40. The lowest BCUT2D eigenvalue weighted by atomic mass is 10.1. The van der Waals surface area contributed by atoms with Crippen LogP contribution in [0.3, 0.4) is 0 Å². The minimum Gasteiger partial charge on any atom is -0.497 e. The zero-order valence-electron chi connectivity index (χ0n) is 12.2. The molecule has 1 heterocycles. The van der Waals surface area contributed by atoms with Crippen molar-refractivity contribution in [2.45, 2.75) is 6.54 Å². The normalized spacial score (nSPS) is 10.3. The lowest BCUT2D eigenvalue weighted by Crippen LogP contribution is -2.15. The van der Waals surface area contributed by atoms with Gasteiger partial charge in [0.05, 0.1) is 19.8 Å². The van der Waals surface area contributed by atoms with Crippen molar-refractivity contribution in [3.05, 3.63) is 35.5 Å². The number of benzene rings is 1. The molecule has 0 saturated heterocycles. The molecule has 7 nitrogen and oxygen atoms in total. The first-order valence-electron chi connectivity index (χ1n) is 6.35. The molecule has 0 radical (unpaired) electrons. The van der Waals surface area contributed by atoms with E-state index in [-0.39, 0.29) is 5.91 Å². The van der Waals surface area contributed by atoms with Crippen LogP contribution in [-0.2, 0) is 13.6 Å². The average Bonchev–Trinajstić information content (AvgIpc) is 2.86. The molecular formula is C14H18N4O3. The molecule has 1 aromatic carbocycles. The third-order valence-electron chi connectivity index (χ3n) is 3.01. The van der Waals surface area contributed by atoms with Crippen molar-refractivity contribution in [1.82, 2.24) is 9.78 Å². The monoisotopic (exact) mass is 290 g/mol. The van der Waals surface area contributed by atoms with E-state index in [1.54, 1.807) is 43.2 Å². The zero-order valence-corrected chi connectivity index (χ0v) is 12.2. The maximum Gasteiger partial charge on any atom is 0.260 e. The van der Waals surface area contributed by atoms with Gasteiger partial charge in [-0.3, -0.25) is 9.48 Å². The van der Waals surface area contributed by atoms with Gasteiger partial charge < -0.3 is 20.5 Å². The molecule has 3 N–H and O–H groups in total. The number of nitrogens with one attached hydrogen (secondary N) is 1. The number of anilines is 1. The second kappa shape index (κ2) is 6.27. The Morgan fingerprint density at radius 2 is 2.14 bits per heavy atom. The Bertz CT molecular complexity index is 652. The topological polar surface area (TPSA) is 91.4 Å². The van der Waals surface area contributed by atoms with Crippen LogP contribution in [0.15, 0.2) is 24.4 Å². The lowest BCUT2D eigenvalue weighted by Gasteiger charge is -2.10. The molecule has 1 amide bonds. The first kappa shape index (κ1) is 14.9. The third kappa shape index (κ3) is 3.14. The van der Waals surface area contributed by atoms with E-state index in [2.05, 4.69) is 10.4 Å². The summed E-state index contributed by atoms with van der Waals surface area (Å²) >= 11 is 0. The molecule has 0 aliphatic carbocycles. The molecule has 21 heavy (non-hydrogen) atoms. The highest BCUT2D eigenvalue weighted by Crippen LogP contribution is 2.25. The zero-order chi connectivity index (χ0) is 15.4. The predicted molar refractivity (Wildman–Crippen MR) is 78.6 cm³/mol. The van der Waals surface area contributed by atoms with E-state index in [1.165, 1.54) is 7.11 Å². The number of nitrogens with two attached hydrogens (primary N) is 1. The summed E-state index contributed by atoms with van der Waals surface area (Å²) in [4.78, 5) is 12.3. The minimum atomic E-state index is -0.317. The van der Waals surface area contributed by atoms with Crippen molar-refractivity contribution in [3.8, 4) is 11.5 Å². The third-order valence-corrected chi connectivity index (χ3v) is 3.01. The van der Waals surface area contributed by atoms with Crippen LogP contribution in [0.2, 0.25) is 0 Å². The van der Waals surface area contributed by atoms with Gasteiger partial charge in [0.25, 0.3) is 5.91 Å². The van der Waals surface area contributed by atoms with Gasteiger partial charge in [0.2, 0.25) is 0 Å².